The molecule has 0 radical (unpaired) electrons. The first-order chi connectivity index (χ1) is 12.3. The van der Waals surface area contributed by atoms with E-state index >= 15 is 0 Å². The van der Waals surface area contributed by atoms with E-state index in [1.807, 2.05) is 36.4 Å². The van der Waals surface area contributed by atoms with Crippen molar-refractivity contribution >= 4 is 28.8 Å². The number of thioether (sulfide) groups is 1. The first-order valence-corrected chi connectivity index (χ1v) is 9.20. The number of aromatic nitrogens is 1. The van der Waals surface area contributed by atoms with Crippen molar-refractivity contribution in [1.82, 2.24) is 10.3 Å². The number of amides is 1. The fourth-order valence-corrected chi connectivity index (χ4v) is 3.53. The highest BCUT2D eigenvalue weighted by atomic mass is 32.2. The highest BCUT2D eigenvalue weighted by Crippen LogP contribution is 2.23. The molecule has 2 aromatic carbocycles. The Kier molecular flexibility index (Phi) is 4.72. The zero-order chi connectivity index (χ0) is 17.1. The second-order valence-electron chi connectivity index (χ2n) is 5.95. The minimum Gasteiger partial charge on any atom is -0.431 e. The molecule has 128 valence electrons. The number of benzene rings is 2. The first-order valence-electron chi connectivity index (χ1n) is 8.21. The highest BCUT2D eigenvalue weighted by Gasteiger charge is 2.19. The molecule has 1 aliphatic heterocycles. The predicted octanol–water partition coefficient (Wildman–Crippen LogP) is 3.18. The van der Waals surface area contributed by atoms with Crippen LogP contribution in [0.2, 0.25) is 0 Å². The van der Waals surface area contributed by atoms with Gasteiger partial charge in [0, 0.05) is 13.0 Å². The van der Waals surface area contributed by atoms with Gasteiger partial charge in [-0.25, -0.2) is 4.98 Å². The molecule has 1 unspecified atom stereocenters. The van der Waals surface area contributed by atoms with Crippen molar-refractivity contribution in [2.24, 2.45) is 0 Å². The molecule has 0 saturated carbocycles. The summed E-state index contributed by atoms with van der Waals surface area (Å²) in [6.07, 6.45) is 0.850. The lowest BCUT2D eigenvalue weighted by Gasteiger charge is -2.25. The summed E-state index contributed by atoms with van der Waals surface area (Å²) < 4.78 is 11.4. The zero-order valence-electron chi connectivity index (χ0n) is 13.6. The molecule has 1 aromatic heterocycles. The van der Waals surface area contributed by atoms with Crippen molar-refractivity contribution in [3.05, 3.63) is 59.7 Å². The second kappa shape index (κ2) is 7.29. The fraction of sp³-hybridized carbons (Fsp3) is 0.263. The lowest BCUT2D eigenvalue weighted by Crippen LogP contribution is -2.37. The molecule has 0 bridgehead atoms. The lowest BCUT2D eigenvalue weighted by molar-refractivity contribution is -0.119. The molecule has 1 atom stereocenters. The van der Waals surface area contributed by atoms with E-state index in [-0.39, 0.29) is 17.8 Å². The van der Waals surface area contributed by atoms with Crippen LogP contribution in [0.4, 0.5) is 0 Å². The Labute approximate surface area is 149 Å². The Morgan fingerprint density at radius 1 is 1.16 bits per heavy atom. The van der Waals surface area contributed by atoms with Crippen LogP contribution in [0.3, 0.4) is 0 Å². The van der Waals surface area contributed by atoms with Crippen LogP contribution in [-0.2, 0) is 22.6 Å². The minimum atomic E-state index is -0.0466. The molecular formula is C19H18N2O3S. The number of hydrogen-bond acceptors (Lipinski definition) is 5. The Morgan fingerprint density at radius 3 is 2.84 bits per heavy atom. The summed E-state index contributed by atoms with van der Waals surface area (Å²) in [6.45, 7) is 1.12. The third-order valence-corrected chi connectivity index (χ3v) is 5.00. The number of ether oxygens (including phenoxy) is 1. The molecule has 5 nitrogen and oxygen atoms in total. The number of nitrogens with zero attached hydrogens (tertiary/aromatic N) is 1. The molecule has 6 heteroatoms. The Balaban J connectivity index is 1.25. The van der Waals surface area contributed by atoms with Gasteiger partial charge in [0.2, 0.25) is 5.91 Å². The smallest absolute Gasteiger partial charge is 0.257 e. The van der Waals surface area contributed by atoms with Gasteiger partial charge in [-0.3, -0.25) is 4.79 Å². The third-order valence-electron chi connectivity index (χ3n) is 4.17. The van der Waals surface area contributed by atoms with Crippen molar-refractivity contribution in [2.75, 3.05) is 12.3 Å². The number of carbonyl (C=O) groups excluding carboxylic acids is 1. The van der Waals surface area contributed by atoms with E-state index in [2.05, 4.69) is 22.4 Å². The monoisotopic (exact) mass is 354 g/mol. The molecule has 4 rings (SSSR count). The van der Waals surface area contributed by atoms with Crippen molar-refractivity contribution in [1.29, 1.82) is 0 Å². The number of para-hydroxylation sites is 2. The van der Waals surface area contributed by atoms with Gasteiger partial charge in [0.15, 0.2) is 5.58 Å². The summed E-state index contributed by atoms with van der Waals surface area (Å²) in [4.78, 5) is 16.4. The number of rotatable bonds is 5. The van der Waals surface area contributed by atoms with Gasteiger partial charge in [-0.15, -0.1) is 0 Å². The van der Waals surface area contributed by atoms with Crippen molar-refractivity contribution in [2.45, 2.75) is 24.4 Å². The van der Waals surface area contributed by atoms with Crippen LogP contribution in [0.1, 0.15) is 11.1 Å². The van der Waals surface area contributed by atoms with E-state index in [0.717, 1.165) is 17.5 Å². The number of hydrogen-bond donors (Lipinski definition) is 1. The Morgan fingerprint density at radius 2 is 1.96 bits per heavy atom. The van der Waals surface area contributed by atoms with Gasteiger partial charge in [0.1, 0.15) is 5.52 Å². The largest absolute Gasteiger partial charge is 0.431 e. The van der Waals surface area contributed by atoms with Crippen LogP contribution in [-0.4, -0.2) is 29.3 Å². The zero-order valence-corrected chi connectivity index (χ0v) is 14.4. The summed E-state index contributed by atoms with van der Waals surface area (Å²) in [6, 6.07) is 15.8. The van der Waals surface area contributed by atoms with Crippen LogP contribution < -0.4 is 5.32 Å². The molecule has 1 N–H and O–H groups in total. The van der Waals surface area contributed by atoms with Crippen LogP contribution in [0, 0.1) is 0 Å². The molecule has 0 spiro atoms. The SMILES string of the molecule is O=C(CSc1nc2ccccc2o1)NCC1Cc2ccccc2CO1. The van der Waals surface area contributed by atoms with Gasteiger partial charge in [-0.2, -0.15) is 0 Å². The van der Waals surface area contributed by atoms with Crippen LogP contribution in [0.15, 0.2) is 58.2 Å². The van der Waals surface area contributed by atoms with E-state index in [1.165, 1.54) is 22.9 Å². The molecule has 1 amide bonds. The van der Waals surface area contributed by atoms with Crippen molar-refractivity contribution in [3.8, 4) is 0 Å². The maximum atomic E-state index is 12.1. The summed E-state index contributed by atoms with van der Waals surface area (Å²) in [5.74, 6) is 0.227. The maximum Gasteiger partial charge on any atom is 0.257 e. The summed E-state index contributed by atoms with van der Waals surface area (Å²) in [7, 11) is 0. The molecule has 3 aromatic rings. The van der Waals surface area contributed by atoms with E-state index in [1.54, 1.807) is 0 Å². The molecule has 25 heavy (non-hydrogen) atoms. The van der Waals surface area contributed by atoms with Crippen LogP contribution in [0.5, 0.6) is 0 Å². The topological polar surface area (TPSA) is 64.4 Å². The van der Waals surface area contributed by atoms with E-state index in [4.69, 9.17) is 9.15 Å². The summed E-state index contributed by atoms with van der Waals surface area (Å²) in [5.41, 5.74) is 4.07. The normalized spacial score (nSPS) is 16.6. The third kappa shape index (κ3) is 3.86. The van der Waals surface area contributed by atoms with Crippen molar-refractivity contribution in [3.63, 3.8) is 0 Å². The minimum absolute atomic E-state index is 0.0215. The molecule has 0 fully saturated rings. The van der Waals surface area contributed by atoms with E-state index < -0.39 is 0 Å². The standard InChI is InChI=1S/C19H18N2O3S/c22-18(12-25-19-21-16-7-3-4-8-17(16)24-19)20-10-15-9-13-5-1-2-6-14(13)11-23-15/h1-8,15H,9-12H2,(H,20,22). The first kappa shape index (κ1) is 16.2. The van der Waals surface area contributed by atoms with Gasteiger partial charge >= 0.3 is 0 Å². The number of fused-ring (bicyclic) bond motifs is 2. The number of carbonyl (C=O) groups is 1. The average Bonchev–Trinajstić information content (AvgIpc) is 3.07. The quantitative estimate of drug-likeness (QED) is 0.713. The summed E-state index contributed by atoms with van der Waals surface area (Å²) >= 11 is 1.30. The van der Waals surface area contributed by atoms with Crippen LogP contribution in [0.25, 0.3) is 11.1 Å². The predicted molar refractivity (Wildman–Crippen MR) is 96.5 cm³/mol. The molecule has 0 saturated heterocycles. The number of oxazole rings is 1. The van der Waals surface area contributed by atoms with Gasteiger partial charge in [-0.1, -0.05) is 48.2 Å². The molecule has 2 heterocycles. The van der Waals surface area contributed by atoms with Crippen LogP contribution >= 0.6 is 11.8 Å². The number of nitrogens with one attached hydrogen (secondary N) is 1. The maximum absolute atomic E-state index is 12.1. The van der Waals surface area contributed by atoms with E-state index in [9.17, 15) is 4.79 Å². The second-order valence-corrected chi connectivity index (χ2v) is 6.87. The summed E-state index contributed by atoms with van der Waals surface area (Å²) in [5, 5.41) is 3.45. The van der Waals surface area contributed by atoms with Gasteiger partial charge in [0.25, 0.3) is 5.22 Å². The van der Waals surface area contributed by atoms with E-state index in [0.29, 0.717) is 18.4 Å². The lowest BCUT2D eigenvalue weighted by atomic mass is 9.99. The molecule has 1 aliphatic rings. The van der Waals surface area contributed by atoms with Gasteiger partial charge < -0.3 is 14.5 Å². The Bertz CT molecular complexity index is 860. The highest BCUT2D eigenvalue weighted by molar-refractivity contribution is 7.99. The Hall–Kier alpha value is -2.31. The average molecular weight is 354 g/mol. The van der Waals surface area contributed by atoms with Gasteiger partial charge in [0.05, 0.1) is 18.5 Å². The fourth-order valence-electron chi connectivity index (χ4n) is 2.86. The molecular weight excluding hydrogens is 336 g/mol. The molecule has 0 aliphatic carbocycles. The van der Waals surface area contributed by atoms with Crippen molar-refractivity contribution < 1.29 is 13.9 Å². The van der Waals surface area contributed by atoms with Gasteiger partial charge in [-0.05, 0) is 23.3 Å².